The van der Waals surface area contributed by atoms with Gasteiger partial charge >= 0.3 is 5.97 Å². The topological polar surface area (TPSA) is 83.5 Å². The number of hydrogen-bond donors (Lipinski definition) is 2. The average molecular weight is 251 g/mol. The second-order valence-corrected chi connectivity index (χ2v) is 6.27. The van der Waals surface area contributed by atoms with Gasteiger partial charge in [-0.25, -0.2) is 13.1 Å². The number of nitrogens with one attached hydrogen (secondary N) is 1. The highest BCUT2D eigenvalue weighted by atomic mass is 32.2. The van der Waals surface area contributed by atoms with Gasteiger partial charge in [-0.3, -0.25) is 4.79 Å². The maximum Gasteiger partial charge on any atom is 0.321 e. The maximum absolute atomic E-state index is 11.6. The summed E-state index contributed by atoms with van der Waals surface area (Å²) in [6.45, 7) is 7.07. The molecule has 0 heterocycles. The predicted octanol–water partition coefficient (Wildman–Crippen LogP) is 1.06. The molecule has 2 N–H and O–H groups in total. The van der Waals surface area contributed by atoms with Crippen molar-refractivity contribution in [1.29, 1.82) is 0 Å². The van der Waals surface area contributed by atoms with Crippen LogP contribution in [0, 0.1) is 11.8 Å². The number of rotatable bonds is 7. The summed E-state index contributed by atoms with van der Waals surface area (Å²) >= 11 is 0. The van der Waals surface area contributed by atoms with Crippen molar-refractivity contribution in [1.82, 2.24) is 4.72 Å². The van der Waals surface area contributed by atoms with E-state index in [1.165, 1.54) is 0 Å². The van der Waals surface area contributed by atoms with E-state index in [2.05, 4.69) is 4.72 Å². The first kappa shape index (κ1) is 15.4. The second-order valence-electron chi connectivity index (χ2n) is 4.47. The predicted molar refractivity (Wildman–Crippen MR) is 62.6 cm³/mol. The number of hydrogen-bond acceptors (Lipinski definition) is 3. The molecule has 1 unspecified atom stereocenters. The van der Waals surface area contributed by atoms with Gasteiger partial charge in [0.25, 0.3) is 0 Å². The molecule has 0 aromatic rings. The van der Waals surface area contributed by atoms with Crippen molar-refractivity contribution in [2.45, 2.75) is 40.2 Å². The summed E-state index contributed by atoms with van der Waals surface area (Å²) in [4.78, 5) is 10.8. The molecule has 5 nitrogen and oxygen atoms in total. The van der Waals surface area contributed by atoms with Crippen LogP contribution in [0.15, 0.2) is 0 Å². The zero-order valence-corrected chi connectivity index (χ0v) is 11.0. The quantitative estimate of drug-likeness (QED) is 0.708. The monoisotopic (exact) mass is 251 g/mol. The van der Waals surface area contributed by atoms with Crippen LogP contribution in [0.1, 0.15) is 34.1 Å². The second kappa shape index (κ2) is 6.20. The molecule has 16 heavy (non-hydrogen) atoms. The van der Waals surface area contributed by atoms with Crippen LogP contribution in [-0.2, 0) is 14.8 Å². The van der Waals surface area contributed by atoms with Crippen LogP contribution in [0.25, 0.3) is 0 Å². The highest BCUT2D eigenvalue weighted by Gasteiger charge is 2.27. The van der Waals surface area contributed by atoms with Gasteiger partial charge < -0.3 is 5.11 Å². The fourth-order valence-corrected chi connectivity index (χ4v) is 3.05. The molecule has 6 heteroatoms. The fourth-order valence-electron chi connectivity index (χ4n) is 1.21. The van der Waals surface area contributed by atoms with Crippen molar-refractivity contribution in [2.75, 3.05) is 5.75 Å². The standard InChI is InChI=1S/C10H21NO4S/c1-5-8(4)6-16(14,15)11-9(7(2)3)10(12)13/h7-9,11H,5-6H2,1-4H3,(H,12,13)/t8?,9-/m1/s1. The first-order valence-corrected chi connectivity index (χ1v) is 7.07. The van der Waals surface area contributed by atoms with E-state index in [9.17, 15) is 13.2 Å². The Morgan fingerprint density at radius 1 is 1.31 bits per heavy atom. The Balaban J connectivity index is 4.61. The van der Waals surface area contributed by atoms with E-state index < -0.39 is 22.0 Å². The lowest BCUT2D eigenvalue weighted by molar-refractivity contribution is -0.140. The van der Waals surface area contributed by atoms with E-state index in [0.717, 1.165) is 6.42 Å². The maximum atomic E-state index is 11.6. The molecule has 0 aliphatic rings. The minimum atomic E-state index is -3.51. The summed E-state index contributed by atoms with van der Waals surface area (Å²) in [5.74, 6) is -1.41. The van der Waals surface area contributed by atoms with Crippen molar-refractivity contribution >= 4 is 16.0 Å². The van der Waals surface area contributed by atoms with Crippen LogP contribution in [0.3, 0.4) is 0 Å². The van der Waals surface area contributed by atoms with E-state index in [1.54, 1.807) is 13.8 Å². The summed E-state index contributed by atoms with van der Waals surface area (Å²) in [6, 6.07) is -1.05. The molecular weight excluding hydrogens is 230 g/mol. The summed E-state index contributed by atoms with van der Waals surface area (Å²) in [5.41, 5.74) is 0. The molecule has 0 bridgehead atoms. The minimum absolute atomic E-state index is 0.0270. The van der Waals surface area contributed by atoms with Crippen LogP contribution >= 0.6 is 0 Å². The number of carboxylic acids is 1. The summed E-state index contributed by atoms with van der Waals surface area (Å²) in [7, 11) is -3.51. The zero-order chi connectivity index (χ0) is 12.9. The fraction of sp³-hybridized carbons (Fsp3) is 0.900. The van der Waals surface area contributed by atoms with Gasteiger partial charge in [-0.15, -0.1) is 0 Å². The van der Waals surface area contributed by atoms with Crippen LogP contribution in [0.4, 0.5) is 0 Å². The molecule has 0 radical (unpaired) electrons. The number of aliphatic carboxylic acids is 1. The zero-order valence-electron chi connectivity index (χ0n) is 10.2. The SMILES string of the molecule is CCC(C)CS(=O)(=O)N[C@@H](C(=O)O)C(C)C. The third-order valence-electron chi connectivity index (χ3n) is 2.44. The van der Waals surface area contributed by atoms with Crippen molar-refractivity contribution in [3.63, 3.8) is 0 Å². The molecule has 0 saturated heterocycles. The summed E-state index contributed by atoms with van der Waals surface area (Å²) < 4.78 is 25.5. The number of sulfonamides is 1. The summed E-state index contributed by atoms with van der Waals surface area (Å²) in [6.07, 6.45) is 0.750. The third kappa shape index (κ3) is 5.46. The first-order valence-electron chi connectivity index (χ1n) is 5.42. The van der Waals surface area contributed by atoms with Gasteiger partial charge in [0.15, 0.2) is 0 Å². The molecule has 0 rings (SSSR count). The largest absolute Gasteiger partial charge is 0.480 e. The molecule has 0 fully saturated rings. The van der Waals surface area contributed by atoms with Gasteiger partial charge in [0.1, 0.15) is 6.04 Å². The molecule has 0 aliphatic heterocycles. The van der Waals surface area contributed by atoms with Gasteiger partial charge in [-0.2, -0.15) is 0 Å². The molecule has 0 aliphatic carbocycles. The molecule has 0 amide bonds. The lowest BCUT2D eigenvalue weighted by Gasteiger charge is -2.19. The lowest BCUT2D eigenvalue weighted by Crippen LogP contribution is -2.45. The van der Waals surface area contributed by atoms with E-state index in [-0.39, 0.29) is 17.6 Å². The van der Waals surface area contributed by atoms with Gasteiger partial charge in [0.05, 0.1) is 5.75 Å². The highest BCUT2D eigenvalue weighted by Crippen LogP contribution is 2.08. The molecular formula is C10H21NO4S. The van der Waals surface area contributed by atoms with Gasteiger partial charge in [-0.1, -0.05) is 34.1 Å². The smallest absolute Gasteiger partial charge is 0.321 e. The Morgan fingerprint density at radius 2 is 1.81 bits per heavy atom. The van der Waals surface area contributed by atoms with Crippen molar-refractivity contribution in [2.24, 2.45) is 11.8 Å². The number of carboxylic acid groups (broad SMARTS) is 1. The van der Waals surface area contributed by atoms with Crippen molar-refractivity contribution in [3.05, 3.63) is 0 Å². The Bertz CT molecular complexity index is 324. The van der Waals surface area contributed by atoms with Crippen LogP contribution < -0.4 is 4.72 Å². The third-order valence-corrected chi connectivity index (χ3v) is 4.06. The summed E-state index contributed by atoms with van der Waals surface area (Å²) in [5, 5.41) is 8.87. The Kier molecular flexibility index (Phi) is 5.96. The average Bonchev–Trinajstić information content (AvgIpc) is 2.12. The number of carbonyl (C=O) groups is 1. The molecule has 0 saturated carbocycles. The van der Waals surface area contributed by atoms with Crippen molar-refractivity contribution in [3.8, 4) is 0 Å². The van der Waals surface area contributed by atoms with E-state index in [4.69, 9.17) is 5.11 Å². The van der Waals surface area contributed by atoms with E-state index >= 15 is 0 Å². The molecule has 96 valence electrons. The van der Waals surface area contributed by atoms with E-state index in [1.807, 2.05) is 13.8 Å². The molecule has 2 atom stereocenters. The first-order chi connectivity index (χ1) is 7.19. The van der Waals surface area contributed by atoms with Gasteiger partial charge in [-0.05, 0) is 11.8 Å². The molecule has 0 aromatic heterocycles. The molecule has 0 aromatic carbocycles. The Labute approximate surface area is 97.3 Å². The molecule has 0 spiro atoms. The van der Waals surface area contributed by atoms with Gasteiger partial charge in [0.2, 0.25) is 10.0 Å². The minimum Gasteiger partial charge on any atom is -0.480 e. The van der Waals surface area contributed by atoms with Gasteiger partial charge in [0, 0.05) is 0 Å². The Hall–Kier alpha value is -0.620. The van der Waals surface area contributed by atoms with Crippen LogP contribution in [0.5, 0.6) is 0 Å². The lowest BCUT2D eigenvalue weighted by atomic mass is 10.1. The normalized spacial score (nSPS) is 16.1. The van der Waals surface area contributed by atoms with Crippen LogP contribution in [0.2, 0.25) is 0 Å². The Morgan fingerprint density at radius 3 is 2.12 bits per heavy atom. The van der Waals surface area contributed by atoms with Crippen LogP contribution in [-0.4, -0.2) is 31.3 Å². The van der Waals surface area contributed by atoms with Crippen molar-refractivity contribution < 1.29 is 18.3 Å². The van der Waals surface area contributed by atoms with E-state index in [0.29, 0.717) is 0 Å². The highest BCUT2D eigenvalue weighted by molar-refractivity contribution is 7.89.